The maximum absolute atomic E-state index is 11.8. The number of rotatable bonds is 10. The minimum Gasteiger partial charge on any atom is -0.486 e. The smallest absolute Gasteiger partial charge is 0.286 e. The Balaban J connectivity index is 1.20. The van der Waals surface area contributed by atoms with Crippen LogP contribution >= 0.6 is 11.8 Å². The maximum Gasteiger partial charge on any atom is 0.286 e. The first-order chi connectivity index (χ1) is 18.7. The molecule has 1 saturated heterocycles. The highest BCUT2D eigenvalue weighted by Gasteiger charge is 2.31. The van der Waals surface area contributed by atoms with E-state index in [0.29, 0.717) is 24.7 Å². The van der Waals surface area contributed by atoms with Crippen LogP contribution in [0.1, 0.15) is 25.2 Å². The van der Waals surface area contributed by atoms with E-state index < -0.39 is 0 Å². The zero-order valence-corrected chi connectivity index (χ0v) is 23.3. The lowest BCUT2D eigenvalue weighted by atomic mass is 10.1. The largest absolute Gasteiger partial charge is 0.486 e. The molecule has 1 unspecified atom stereocenters. The minimum absolute atomic E-state index is 0.233. The Morgan fingerprint density at radius 3 is 2.36 bits per heavy atom. The predicted octanol–water partition coefficient (Wildman–Crippen LogP) is 5.93. The maximum atomic E-state index is 11.8. The number of nitrogens with zero attached hydrogens (tertiary/aromatic N) is 3. The Morgan fingerprint density at radius 1 is 1.00 bits per heavy atom. The number of nitrogens with one attached hydrogen (secondary N) is 1. The molecule has 0 spiro atoms. The van der Waals surface area contributed by atoms with E-state index in [9.17, 15) is 9.59 Å². The molecule has 2 heterocycles. The summed E-state index contributed by atoms with van der Waals surface area (Å²) in [7, 11) is 4.07. The van der Waals surface area contributed by atoms with Gasteiger partial charge in [0.15, 0.2) is 0 Å². The molecule has 1 aliphatic heterocycles. The van der Waals surface area contributed by atoms with E-state index >= 15 is 0 Å². The van der Waals surface area contributed by atoms with Crippen LogP contribution in [0.5, 0.6) is 17.2 Å². The van der Waals surface area contributed by atoms with Crippen molar-refractivity contribution >= 4 is 39.6 Å². The molecule has 1 fully saturated rings. The molecule has 0 bridgehead atoms. The molecule has 1 N–H and O–H groups in total. The molecule has 0 aliphatic carbocycles. The van der Waals surface area contributed by atoms with Crippen molar-refractivity contribution in [2.24, 2.45) is 13.0 Å². The molecule has 202 valence electrons. The number of fused-ring (bicyclic) bond motifs is 1. The normalized spacial score (nSPS) is 15.2. The van der Waals surface area contributed by atoms with Gasteiger partial charge in [0.1, 0.15) is 29.7 Å². The van der Waals surface area contributed by atoms with Gasteiger partial charge >= 0.3 is 0 Å². The lowest BCUT2D eigenvalue weighted by molar-refractivity contribution is -0.118. The lowest BCUT2D eigenvalue weighted by Gasteiger charge is -2.21. The van der Waals surface area contributed by atoms with Crippen molar-refractivity contribution in [2.75, 3.05) is 18.5 Å². The molecule has 1 aliphatic rings. The summed E-state index contributed by atoms with van der Waals surface area (Å²) in [5.41, 5.74) is 3.95. The second kappa shape index (κ2) is 11.4. The Labute approximate surface area is 232 Å². The number of anilines is 1. The summed E-state index contributed by atoms with van der Waals surface area (Å²) in [6, 6.07) is 21.6. The fourth-order valence-electron chi connectivity index (χ4n) is 4.58. The molecule has 8 nitrogen and oxygen atoms in total. The zero-order valence-electron chi connectivity index (χ0n) is 22.5. The van der Waals surface area contributed by atoms with Crippen molar-refractivity contribution in [1.82, 2.24) is 14.9 Å². The summed E-state index contributed by atoms with van der Waals surface area (Å²) in [6.45, 7) is 5.73. The second-order valence-electron chi connectivity index (χ2n) is 10.1. The fraction of sp³-hybridized carbons (Fsp3) is 0.300. The Bertz CT molecular complexity index is 1480. The number of imidazole rings is 1. The van der Waals surface area contributed by atoms with Crippen LogP contribution in [0.4, 0.5) is 10.5 Å². The first kappa shape index (κ1) is 26.6. The molecule has 39 heavy (non-hydrogen) atoms. The van der Waals surface area contributed by atoms with Crippen molar-refractivity contribution < 1.29 is 19.1 Å². The highest BCUT2D eigenvalue weighted by atomic mass is 32.2. The van der Waals surface area contributed by atoms with Crippen molar-refractivity contribution in [2.45, 2.75) is 32.1 Å². The summed E-state index contributed by atoms with van der Waals surface area (Å²) in [4.78, 5) is 30.1. The van der Waals surface area contributed by atoms with Gasteiger partial charge in [-0.2, -0.15) is 0 Å². The number of benzene rings is 3. The van der Waals surface area contributed by atoms with Gasteiger partial charge in [0, 0.05) is 32.4 Å². The zero-order chi connectivity index (χ0) is 27.5. The van der Waals surface area contributed by atoms with Gasteiger partial charge in [-0.15, -0.1) is 0 Å². The Morgan fingerprint density at radius 2 is 1.69 bits per heavy atom. The number of aryl methyl sites for hydroxylation is 1. The number of carbonyl (C=O) groups excluding carboxylic acids is 2. The molecule has 1 aromatic heterocycles. The molecule has 2 amide bonds. The predicted molar refractivity (Wildman–Crippen MR) is 155 cm³/mol. The van der Waals surface area contributed by atoms with Crippen molar-refractivity contribution in [3.63, 3.8) is 0 Å². The molecule has 1 atom stereocenters. The number of hydrogen-bond donors (Lipinski definition) is 1. The summed E-state index contributed by atoms with van der Waals surface area (Å²) in [5, 5.41) is 1.65. The SMILES string of the molecule is CC(C)CN(C)c1ccc(Oc2ccc3nc(COc4ccc(CC5SC(=O)NC5=O)cc4)n(C)c3c2)cc1. The standard InChI is InChI=1S/C30H32N4O4S/c1-19(2)17-33(3)21-7-11-23(12-8-21)38-24-13-14-25-26(16-24)34(4)28(31-25)18-37-22-9-5-20(6-10-22)15-27-29(35)32-30(36)39-27/h5-14,16,19,27H,15,17-18H2,1-4H3,(H,32,35,36). The van der Waals surface area contributed by atoms with Crippen molar-refractivity contribution in [3.05, 3.63) is 78.1 Å². The highest BCUT2D eigenvalue weighted by molar-refractivity contribution is 8.15. The molecule has 9 heteroatoms. The quantitative estimate of drug-likeness (QED) is 0.265. The van der Waals surface area contributed by atoms with E-state index in [-0.39, 0.29) is 16.4 Å². The average molecular weight is 545 g/mol. The number of imide groups is 1. The van der Waals surface area contributed by atoms with Crippen LogP contribution in [-0.2, 0) is 24.9 Å². The van der Waals surface area contributed by atoms with Crippen LogP contribution in [0, 0.1) is 5.92 Å². The molecule has 3 aromatic carbocycles. The summed E-state index contributed by atoms with van der Waals surface area (Å²) >= 11 is 1.04. The number of aromatic nitrogens is 2. The van der Waals surface area contributed by atoms with E-state index in [0.717, 1.165) is 57.9 Å². The number of carbonyl (C=O) groups is 2. The van der Waals surface area contributed by atoms with Crippen molar-refractivity contribution in [1.29, 1.82) is 0 Å². The van der Waals surface area contributed by atoms with Gasteiger partial charge in [-0.1, -0.05) is 37.7 Å². The molecule has 0 radical (unpaired) electrons. The van der Waals surface area contributed by atoms with E-state index in [1.54, 1.807) is 0 Å². The highest BCUT2D eigenvalue weighted by Crippen LogP contribution is 2.28. The van der Waals surface area contributed by atoms with Crippen LogP contribution in [0.15, 0.2) is 66.7 Å². The van der Waals surface area contributed by atoms with E-state index in [4.69, 9.17) is 14.5 Å². The fourth-order valence-corrected chi connectivity index (χ4v) is 5.44. The van der Waals surface area contributed by atoms with Crippen LogP contribution in [0.3, 0.4) is 0 Å². The van der Waals surface area contributed by atoms with E-state index in [1.807, 2.05) is 66.2 Å². The molecule has 0 saturated carbocycles. The summed E-state index contributed by atoms with van der Waals surface area (Å²) < 4.78 is 14.1. The Hall–Kier alpha value is -3.98. The lowest BCUT2D eigenvalue weighted by Crippen LogP contribution is -2.25. The third-order valence-corrected chi connectivity index (χ3v) is 7.56. The average Bonchev–Trinajstić information content (AvgIpc) is 3.40. The number of hydrogen-bond acceptors (Lipinski definition) is 7. The van der Waals surface area contributed by atoms with Gasteiger partial charge in [-0.3, -0.25) is 14.9 Å². The first-order valence-corrected chi connectivity index (χ1v) is 13.8. The van der Waals surface area contributed by atoms with Gasteiger partial charge in [0.05, 0.1) is 16.3 Å². The second-order valence-corrected chi connectivity index (χ2v) is 11.3. The van der Waals surface area contributed by atoms with Crippen LogP contribution in [0.2, 0.25) is 0 Å². The number of thioether (sulfide) groups is 1. The van der Waals surface area contributed by atoms with E-state index in [1.165, 1.54) is 0 Å². The van der Waals surface area contributed by atoms with Gasteiger partial charge in [0.2, 0.25) is 5.91 Å². The molecular formula is C30H32N4O4S. The topological polar surface area (TPSA) is 85.7 Å². The summed E-state index contributed by atoms with van der Waals surface area (Å²) in [5.74, 6) is 3.39. The third-order valence-electron chi connectivity index (χ3n) is 6.58. The molecule has 5 rings (SSSR count). The van der Waals surface area contributed by atoms with Gasteiger partial charge < -0.3 is 18.9 Å². The first-order valence-electron chi connectivity index (χ1n) is 12.9. The summed E-state index contributed by atoms with van der Waals surface area (Å²) in [6.07, 6.45) is 0.497. The number of amides is 2. The third kappa shape index (κ3) is 6.37. The minimum atomic E-state index is -0.381. The molecule has 4 aromatic rings. The van der Waals surface area contributed by atoms with Crippen LogP contribution < -0.4 is 19.7 Å². The van der Waals surface area contributed by atoms with Gasteiger partial charge in [-0.05, 0) is 66.4 Å². The van der Waals surface area contributed by atoms with Crippen molar-refractivity contribution in [3.8, 4) is 17.2 Å². The van der Waals surface area contributed by atoms with Crippen LogP contribution in [-0.4, -0.2) is 39.5 Å². The van der Waals surface area contributed by atoms with Gasteiger partial charge in [-0.25, -0.2) is 4.98 Å². The van der Waals surface area contributed by atoms with E-state index in [2.05, 4.69) is 43.2 Å². The number of ether oxygens (including phenoxy) is 2. The molecular weight excluding hydrogens is 512 g/mol. The van der Waals surface area contributed by atoms with Crippen LogP contribution in [0.25, 0.3) is 11.0 Å². The monoisotopic (exact) mass is 544 g/mol. The van der Waals surface area contributed by atoms with Gasteiger partial charge in [0.25, 0.3) is 5.24 Å². The Kier molecular flexibility index (Phi) is 7.79.